The Morgan fingerprint density at radius 1 is 1.48 bits per heavy atom. The average molecular weight is 415 g/mol. The van der Waals surface area contributed by atoms with E-state index in [1.165, 1.54) is 11.5 Å². The highest BCUT2D eigenvalue weighted by atomic mass is 32.1. The van der Waals surface area contributed by atoms with Crippen LogP contribution in [0.15, 0.2) is 12.3 Å². The first-order chi connectivity index (χ1) is 13.7. The molecule has 2 aromatic rings. The molecule has 1 N–H and O–H groups in total. The van der Waals surface area contributed by atoms with E-state index in [9.17, 15) is 10.1 Å². The number of amides is 1. The van der Waals surface area contributed by atoms with Crippen molar-refractivity contribution >= 4 is 23.4 Å². The molecule has 1 saturated heterocycles. The third-order valence-corrected chi connectivity index (χ3v) is 5.30. The van der Waals surface area contributed by atoms with Gasteiger partial charge in [0.1, 0.15) is 17.5 Å². The van der Waals surface area contributed by atoms with E-state index in [4.69, 9.17) is 9.72 Å². The maximum absolute atomic E-state index is 12.1. The molecule has 29 heavy (non-hydrogen) atoms. The van der Waals surface area contributed by atoms with Gasteiger partial charge in [0.25, 0.3) is 0 Å². The summed E-state index contributed by atoms with van der Waals surface area (Å²) in [7, 11) is 0. The predicted octanol–water partition coefficient (Wildman–Crippen LogP) is 3.20. The summed E-state index contributed by atoms with van der Waals surface area (Å²) in [6.07, 6.45) is 3.56. The van der Waals surface area contributed by atoms with Gasteiger partial charge in [0, 0.05) is 30.4 Å². The lowest BCUT2D eigenvalue weighted by Gasteiger charge is -2.34. The van der Waals surface area contributed by atoms with Crippen LogP contribution < -0.4 is 10.2 Å². The number of carbonyl (C=O) groups is 1. The van der Waals surface area contributed by atoms with Gasteiger partial charge in [-0.15, -0.1) is 0 Å². The molecule has 1 atom stereocenters. The molecular formula is C20H26N6O2S. The van der Waals surface area contributed by atoms with Crippen LogP contribution in [0.25, 0.3) is 0 Å². The van der Waals surface area contributed by atoms with Crippen molar-refractivity contribution in [3.63, 3.8) is 0 Å². The molecule has 3 heterocycles. The Kier molecular flexibility index (Phi) is 6.33. The molecular weight excluding hydrogens is 388 g/mol. The fourth-order valence-corrected chi connectivity index (χ4v) is 3.97. The molecule has 0 aliphatic carbocycles. The summed E-state index contributed by atoms with van der Waals surface area (Å²) in [5.74, 6) is 0.718. The second-order valence-electron chi connectivity index (χ2n) is 8.18. The number of hydrogen-bond donors (Lipinski definition) is 1. The number of ether oxygens (including phenoxy) is 1. The van der Waals surface area contributed by atoms with E-state index >= 15 is 0 Å². The molecule has 0 aromatic carbocycles. The van der Waals surface area contributed by atoms with Crippen molar-refractivity contribution in [3.8, 4) is 6.07 Å². The third-order valence-electron chi connectivity index (χ3n) is 4.42. The van der Waals surface area contributed by atoms with Gasteiger partial charge < -0.3 is 15.0 Å². The topological polar surface area (TPSA) is 104 Å². The van der Waals surface area contributed by atoms with Crippen molar-refractivity contribution in [3.05, 3.63) is 34.2 Å². The lowest BCUT2D eigenvalue weighted by atomic mass is 10.1. The number of nitrogens with zero attached hydrogens (tertiary/aromatic N) is 5. The number of hydrogen-bond acceptors (Lipinski definition) is 8. The zero-order chi connectivity index (χ0) is 21.0. The summed E-state index contributed by atoms with van der Waals surface area (Å²) in [5, 5.41) is 12.3. The molecule has 9 heteroatoms. The van der Waals surface area contributed by atoms with Crippen molar-refractivity contribution in [2.45, 2.75) is 58.6 Å². The van der Waals surface area contributed by atoms with Crippen molar-refractivity contribution in [1.82, 2.24) is 19.7 Å². The number of piperidine rings is 1. The smallest absolute Gasteiger partial charge is 0.407 e. The van der Waals surface area contributed by atoms with Crippen LogP contribution in [0, 0.1) is 18.3 Å². The van der Waals surface area contributed by atoms with E-state index in [-0.39, 0.29) is 6.04 Å². The molecule has 2 aromatic heterocycles. The summed E-state index contributed by atoms with van der Waals surface area (Å²) in [6, 6.07) is 4.11. The molecule has 1 fully saturated rings. The molecule has 154 valence electrons. The SMILES string of the molecule is Cc1cc(Cc2nc(N3CCCC(NC(=O)OC(C)(C)C)C3)cnc2C#N)sn1. The fourth-order valence-electron chi connectivity index (χ4n) is 3.23. The standard InChI is InChI=1S/C20H26N6O2S/c1-13-8-15(29-25-13)9-16-17(10-21)22-11-18(24-16)26-7-5-6-14(12-26)23-19(27)28-20(2,3)4/h8,11,14H,5-7,9,12H2,1-4H3,(H,23,27). The zero-order valence-corrected chi connectivity index (χ0v) is 18.0. The molecule has 1 unspecified atom stereocenters. The van der Waals surface area contributed by atoms with Crippen molar-refractivity contribution < 1.29 is 9.53 Å². The van der Waals surface area contributed by atoms with E-state index < -0.39 is 11.7 Å². The Morgan fingerprint density at radius 3 is 2.93 bits per heavy atom. The van der Waals surface area contributed by atoms with Gasteiger partial charge in [-0.3, -0.25) is 0 Å². The Labute approximate surface area is 175 Å². The number of nitrogens with one attached hydrogen (secondary N) is 1. The molecule has 3 rings (SSSR count). The minimum Gasteiger partial charge on any atom is -0.444 e. The highest BCUT2D eigenvalue weighted by Crippen LogP contribution is 2.21. The Hall–Kier alpha value is -2.73. The third kappa shape index (κ3) is 5.87. The Bertz CT molecular complexity index is 914. The van der Waals surface area contributed by atoms with Gasteiger partial charge in [0.15, 0.2) is 5.69 Å². The van der Waals surface area contributed by atoms with Crippen LogP contribution in [0.2, 0.25) is 0 Å². The maximum Gasteiger partial charge on any atom is 0.407 e. The number of rotatable bonds is 4. The number of aryl methyl sites for hydroxylation is 1. The number of aromatic nitrogens is 3. The zero-order valence-electron chi connectivity index (χ0n) is 17.2. The average Bonchev–Trinajstić information content (AvgIpc) is 3.05. The van der Waals surface area contributed by atoms with E-state index in [1.54, 1.807) is 6.20 Å². The molecule has 0 saturated carbocycles. The van der Waals surface area contributed by atoms with E-state index in [0.717, 1.165) is 35.8 Å². The van der Waals surface area contributed by atoms with Crippen LogP contribution in [-0.4, -0.2) is 45.2 Å². The first kappa shape index (κ1) is 21.0. The van der Waals surface area contributed by atoms with Crippen LogP contribution >= 0.6 is 11.5 Å². The summed E-state index contributed by atoms with van der Waals surface area (Å²) in [6.45, 7) is 8.93. The molecule has 0 bridgehead atoms. The molecule has 1 aliphatic rings. The number of carbonyl (C=O) groups excluding carboxylic acids is 1. The largest absolute Gasteiger partial charge is 0.444 e. The van der Waals surface area contributed by atoms with E-state index in [1.807, 2.05) is 33.8 Å². The van der Waals surface area contributed by atoms with Crippen LogP contribution in [0.1, 0.15) is 55.6 Å². The molecule has 1 aliphatic heterocycles. The van der Waals surface area contributed by atoms with Crippen molar-refractivity contribution in [2.24, 2.45) is 0 Å². The lowest BCUT2D eigenvalue weighted by Crippen LogP contribution is -2.49. The minimum atomic E-state index is -0.527. The highest BCUT2D eigenvalue weighted by molar-refractivity contribution is 7.05. The second kappa shape index (κ2) is 8.74. The number of nitriles is 1. The molecule has 8 nitrogen and oxygen atoms in total. The van der Waals surface area contributed by atoms with Crippen LogP contribution in [0.4, 0.5) is 10.6 Å². The summed E-state index contributed by atoms with van der Waals surface area (Å²) in [5.41, 5.74) is 1.41. The Morgan fingerprint density at radius 2 is 2.28 bits per heavy atom. The van der Waals surface area contributed by atoms with Gasteiger partial charge in [-0.2, -0.15) is 9.64 Å². The van der Waals surface area contributed by atoms with Gasteiger partial charge in [-0.1, -0.05) is 0 Å². The van der Waals surface area contributed by atoms with E-state index in [2.05, 4.69) is 25.6 Å². The monoisotopic (exact) mass is 414 g/mol. The number of alkyl carbamates (subject to hydrolysis) is 1. The molecule has 0 spiro atoms. The van der Waals surface area contributed by atoms with Gasteiger partial charge in [-0.05, 0) is 58.1 Å². The first-order valence-electron chi connectivity index (χ1n) is 9.66. The molecule has 0 radical (unpaired) electrons. The maximum atomic E-state index is 12.1. The van der Waals surface area contributed by atoms with Crippen LogP contribution in [0.3, 0.4) is 0 Å². The highest BCUT2D eigenvalue weighted by Gasteiger charge is 2.25. The first-order valence-corrected chi connectivity index (χ1v) is 10.4. The number of anilines is 1. The van der Waals surface area contributed by atoms with Crippen LogP contribution in [0.5, 0.6) is 0 Å². The molecule has 1 amide bonds. The van der Waals surface area contributed by atoms with Crippen LogP contribution in [-0.2, 0) is 11.2 Å². The van der Waals surface area contributed by atoms with Crippen molar-refractivity contribution in [1.29, 1.82) is 5.26 Å². The van der Waals surface area contributed by atoms with Gasteiger partial charge in [-0.25, -0.2) is 14.8 Å². The minimum absolute atomic E-state index is 0.0244. The Balaban J connectivity index is 1.71. The van der Waals surface area contributed by atoms with Gasteiger partial charge in [0.05, 0.1) is 17.6 Å². The van der Waals surface area contributed by atoms with E-state index in [0.29, 0.717) is 24.4 Å². The summed E-state index contributed by atoms with van der Waals surface area (Å²) < 4.78 is 9.65. The summed E-state index contributed by atoms with van der Waals surface area (Å²) >= 11 is 1.41. The van der Waals surface area contributed by atoms with Gasteiger partial charge in [0.2, 0.25) is 0 Å². The predicted molar refractivity (Wildman–Crippen MR) is 111 cm³/mol. The fraction of sp³-hybridized carbons (Fsp3) is 0.550. The quantitative estimate of drug-likeness (QED) is 0.819. The van der Waals surface area contributed by atoms with Crippen molar-refractivity contribution in [2.75, 3.05) is 18.0 Å². The lowest BCUT2D eigenvalue weighted by molar-refractivity contribution is 0.0500. The van der Waals surface area contributed by atoms with Gasteiger partial charge >= 0.3 is 6.09 Å². The second-order valence-corrected chi connectivity index (χ2v) is 9.07. The summed E-state index contributed by atoms with van der Waals surface area (Å²) in [4.78, 5) is 24.3. The normalized spacial score (nSPS) is 16.9.